The lowest BCUT2D eigenvalue weighted by atomic mass is 10.0. The van der Waals surface area contributed by atoms with Gasteiger partial charge in [-0.25, -0.2) is 4.98 Å². The topological polar surface area (TPSA) is 57.9 Å². The van der Waals surface area contributed by atoms with Gasteiger partial charge in [-0.2, -0.15) is 0 Å². The van der Waals surface area contributed by atoms with Gasteiger partial charge in [-0.3, -0.25) is 4.90 Å². The second-order valence-electron chi connectivity index (χ2n) is 4.01. The highest BCUT2D eigenvalue weighted by Gasteiger charge is 2.26. The standard InChI is InChI=1S/C10H18N4/c1-7-12-8-4-6-14(2)9(3-5-11)10(8)13-7/h9H,3-6,11H2,1-2H3,(H,12,13). The van der Waals surface area contributed by atoms with Gasteiger partial charge in [0.25, 0.3) is 0 Å². The largest absolute Gasteiger partial charge is 0.346 e. The fourth-order valence-electron chi connectivity index (χ4n) is 2.19. The van der Waals surface area contributed by atoms with Crippen LogP contribution in [0.25, 0.3) is 0 Å². The van der Waals surface area contributed by atoms with Crippen LogP contribution in [-0.4, -0.2) is 35.0 Å². The van der Waals surface area contributed by atoms with Crippen molar-refractivity contribution in [2.75, 3.05) is 20.1 Å². The van der Waals surface area contributed by atoms with Crippen molar-refractivity contribution in [3.05, 3.63) is 17.2 Å². The van der Waals surface area contributed by atoms with E-state index in [9.17, 15) is 0 Å². The summed E-state index contributed by atoms with van der Waals surface area (Å²) in [5, 5.41) is 0. The van der Waals surface area contributed by atoms with E-state index in [4.69, 9.17) is 5.73 Å². The Balaban J connectivity index is 2.30. The maximum absolute atomic E-state index is 5.62. The first-order valence-corrected chi connectivity index (χ1v) is 5.18. The molecule has 2 heterocycles. The van der Waals surface area contributed by atoms with Gasteiger partial charge < -0.3 is 10.7 Å². The molecule has 1 aromatic rings. The quantitative estimate of drug-likeness (QED) is 0.724. The van der Waals surface area contributed by atoms with E-state index < -0.39 is 0 Å². The molecular formula is C10H18N4. The minimum absolute atomic E-state index is 0.411. The van der Waals surface area contributed by atoms with Gasteiger partial charge in [0.2, 0.25) is 0 Å². The van der Waals surface area contributed by atoms with Crippen molar-refractivity contribution in [2.24, 2.45) is 5.73 Å². The Morgan fingerprint density at radius 2 is 2.43 bits per heavy atom. The summed E-state index contributed by atoms with van der Waals surface area (Å²) >= 11 is 0. The highest BCUT2D eigenvalue weighted by Crippen LogP contribution is 2.28. The molecule has 3 N–H and O–H groups in total. The summed E-state index contributed by atoms with van der Waals surface area (Å²) in [6.07, 6.45) is 2.07. The van der Waals surface area contributed by atoms with Gasteiger partial charge in [0.05, 0.1) is 11.7 Å². The number of hydrogen-bond acceptors (Lipinski definition) is 3. The predicted octanol–water partition coefficient (Wildman–Crippen LogP) is 0.596. The average Bonchev–Trinajstić information content (AvgIpc) is 2.51. The summed E-state index contributed by atoms with van der Waals surface area (Å²) in [6.45, 7) is 3.83. The number of aromatic amines is 1. The molecule has 0 radical (unpaired) electrons. The molecule has 0 fully saturated rings. The number of nitrogens with zero attached hydrogens (tertiary/aromatic N) is 2. The minimum atomic E-state index is 0.411. The Morgan fingerprint density at radius 3 is 3.14 bits per heavy atom. The van der Waals surface area contributed by atoms with Crippen molar-refractivity contribution in [3.63, 3.8) is 0 Å². The van der Waals surface area contributed by atoms with Gasteiger partial charge in [0, 0.05) is 18.7 Å². The smallest absolute Gasteiger partial charge is 0.103 e. The van der Waals surface area contributed by atoms with Crippen LogP contribution in [0.15, 0.2) is 0 Å². The fourth-order valence-corrected chi connectivity index (χ4v) is 2.19. The molecule has 0 amide bonds. The van der Waals surface area contributed by atoms with Crippen LogP contribution in [0.1, 0.15) is 29.7 Å². The highest BCUT2D eigenvalue weighted by atomic mass is 15.2. The summed E-state index contributed by atoms with van der Waals surface area (Å²) in [4.78, 5) is 10.2. The normalized spacial score (nSPS) is 22.4. The van der Waals surface area contributed by atoms with E-state index in [1.54, 1.807) is 0 Å². The summed E-state index contributed by atoms with van der Waals surface area (Å²) in [5.41, 5.74) is 8.14. The molecular weight excluding hydrogens is 176 g/mol. The molecule has 4 nitrogen and oxygen atoms in total. The van der Waals surface area contributed by atoms with Gasteiger partial charge in [-0.1, -0.05) is 0 Å². The van der Waals surface area contributed by atoms with Crippen LogP contribution < -0.4 is 5.73 Å². The third-order valence-corrected chi connectivity index (χ3v) is 2.93. The molecule has 0 bridgehead atoms. The number of imidazole rings is 1. The molecule has 1 atom stereocenters. The number of rotatable bonds is 2. The van der Waals surface area contributed by atoms with Crippen molar-refractivity contribution < 1.29 is 0 Å². The van der Waals surface area contributed by atoms with E-state index in [1.165, 1.54) is 11.4 Å². The molecule has 1 aliphatic rings. The lowest BCUT2D eigenvalue weighted by Gasteiger charge is -2.31. The van der Waals surface area contributed by atoms with E-state index in [2.05, 4.69) is 21.9 Å². The van der Waals surface area contributed by atoms with Crippen molar-refractivity contribution in [3.8, 4) is 0 Å². The predicted molar refractivity (Wildman–Crippen MR) is 56.1 cm³/mol. The Kier molecular flexibility index (Phi) is 2.56. The number of H-pyrrole nitrogens is 1. The summed E-state index contributed by atoms with van der Waals surface area (Å²) in [6, 6.07) is 0.411. The van der Waals surface area contributed by atoms with Crippen molar-refractivity contribution in [1.29, 1.82) is 0 Å². The van der Waals surface area contributed by atoms with Gasteiger partial charge in [0.15, 0.2) is 0 Å². The minimum Gasteiger partial charge on any atom is -0.346 e. The van der Waals surface area contributed by atoms with Crippen LogP contribution in [0.2, 0.25) is 0 Å². The number of aryl methyl sites for hydroxylation is 1. The lowest BCUT2D eigenvalue weighted by Crippen LogP contribution is -2.33. The second-order valence-corrected chi connectivity index (χ2v) is 4.01. The van der Waals surface area contributed by atoms with Gasteiger partial charge >= 0.3 is 0 Å². The van der Waals surface area contributed by atoms with Crippen LogP contribution in [0.4, 0.5) is 0 Å². The third kappa shape index (κ3) is 1.55. The second kappa shape index (κ2) is 3.71. The van der Waals surface area contributed by atoms with E-state index in [0.717, 1.165) is 31.8 Å². The van der Waals surface area contributed by atoms with Gasteiger partial charge in [-0.05, 0) is 26.9 Å². The van der Waals surface area contributed by atoms with Crippen LogP contribution >= 0.6 is 0 Å². The number of fused-ring (bicyclic) bond motifs is 1. The third-order valence-electron chi connectivity index (χ3n) is 2.93. The molecule has 1 aliphatic heterocycles. The molecule has 14 heavy (non-hydrogen) atoms. The Labute approximate surface area is 84.5 Å². The van der Waals surface area contributed by atoms with Crippen molar-refractivity contribution >= 4 is 0 Å². The van der Waals surface area contributed by atoms with Crippen molar-refractivity contribution in [2.45, 2.75) is 25.8 Å². The summed E-state index contributed by atoms with van der Waals surface area (Å²) < 4.78 is 0. The van der Waals surface area contributed by atoms with E-state index in [-0.39, 0.29) is 0 Å². The number of likely N-dealkylation sites (N-methyl/N-ethyl adjacent to an activating group) is 1. The van der Waals surface area contributed by atoms with Crippen LogP contribution in [0.3, 0.4) is 0 Å². The molecule has 0 saturated heterocycles. The molecule has 0 aromatic carbocycles. The number of nitrogens with two attached hydrogens (primary N) is 1. The molecule has 4 heteroatoms. The fraction of sp³-hybridized carbons (Fsp3) is 0.700. The summed E-state index contributed by atoms with van der Waals surface area (Å²) in [7, 11) is 2.15. The van der Waals surface area contributed by atoms with Crippen LogP contribution in [0.5, 0.6) is 0 Å². The zero-order chi connectivity index (χ0) is 10.1. The molecule has 1 unspecified atom stereocenters. The first-order chi connectivity index (χ1) is 6.72. The lowest BCUT2D eigenvalue weighted by molar-refractivity contribution is 0.216. The monoisotopic (exact) mass is 194 g/mol. The van der Waals surface area contributed by atoms with Gasteiger partial charge in [-0.15, -0.1) is 0 Å². The Morgan fingerprint density at radius 1 is 1.64 bits per heavy atom. The first kappa shape index (κ1) is 9.68. The number of nitrogens with one attached hydrogen (secondary N) is 1. The highest BCUT2D eigenvalue weighted by molar-refractivity contribution is 5.21. The molecule has 0 aliphatic carbocycles. The van der Waals surface area contributed by atoms with Crippen molar-refractivity contribution in [1.82, 2.24) is 14.9 Å². The Hall–Kier alpha value is -0.870. The number of aromatic nitrogens is 2. The molecule has 2 rings (SSSR count). The average molecular weight is 194 g/mol. The van der Waals surface area contributed by atoms with Crippen LogP contribution in [0, 0.1) is 6.92 Å². The van der Waals surface area contributed by atoms with Crippen LogP contribution in [-0.2, 0) is 6.42 Å². The SMILES string of the molecule is Cc1nc2c([nH]1)CCN(C)C2CCN. The molecule has 78 valence electrons. The molecule has 1 aromatic heterocycles. The zero-order valence-corrected chi connectivity index (χ0v) is 8.88. The van der Waals surface area contributed by atoms with Gasteiger partial charge in [0.1, 0.15) is 5.82 Å². The Bertz CT molecular complexity index is 318. The maximum Gasteiger partial charge on any atom is 0.103 e. The number of hydrogen-bond donors (Lipinski definition) is 2. The van der Waals surface area contributed by atoms with E-state index in [1.807, 2.05) is 6.92 Å². The zero-order valence-electron chi connectivity index (χ0n) is 8.88. The molecule has 0 saturated carbocycles. The summed E-state index contributed by atoms with van der Waals surface area (Å²) in [5.74, 6) is 1.02. The molecule has 0 spiro atoms. The maximum atomic E-state index is 5.62. The van der Waals surface area contributed by atoms with E-state index >= 15 is 0 Å². The van der Waals surface area contributed by atoms with E-state index in [0.29, 0.717) is 6.04 Å². The first-order valence-electron chi connectivity index (χ1n) is 5.18.